The number of pyridine rings is 1. The van der Waals surface area contributed by atoms with E-state index in [4.69, 9.17) is 4.74 Å². The van der Waals surface area contributed by atoms with Gasteiger partial charge in [0.25, 0.3) is 5.56 Å². The average Bonchev–Trinajstić information content (AvgIpc) is 3.44. The minimum atomic E-state index is -0.441. The lowest BCUT2D eigenvalue weighted by molar-refractivity contribution is -0.113. The third kappa shape index (κ3) is 4.10. The first kappa shape index (κ1) is 22.3. The zero-order valence-electron chi connectivity index (χ0n) is 18.2. The van der Waals surface area contributed by atoms with E-state index in [1.165, 1.54) is 23.0 Å². The van der Waals surface area contributed by atoms with E-state index in [1.807, 2.05) is 6.07 Å². The van der Waals surface area contributed by atoms with E-state index in [9.17, 15) is 14.4 Å². The second-order valence-corrected chi connectivity index (χ2v) is 9.70. The van der Waals surface area contributed by atoms with Gasteiger partial charge in [0.05, 0.1) is 41.2 Å². The van der Waals surface area contributed by atoms with Crippen molar-refractivity contribution >= 4 is 50.9 Å². The first-order valence-electron chi connectivity index (χ1n) is 10.6. The molecule has 1 amide bonds. The molecule has 1 aliphatic rings. The lowest BCUT2D eigenvalue weighted by Crippen LogP contribution is -2.23. The van der Waals surface area contributed by atoms with E-state index >= 15 is 0 Å². The van der Waals surface area contributed by atoms with Crippen LogP contribution in [0.15, 0.2) is 58.7 Å². The van der Waals surface area contributed by atoms with Gasteiger partial charge in [-0.15, -0.1) is 11.3 Å². The van der Waals surface area contributed by atoms with Crippen molar-refractivity contribution in [2.24, 2.45) is 0 Å². The molecule has 34 heavy (non-hydrogen) atoms. The van der Waals surface area contributed by atoms with Crippen molar-refractivity contribution in [3.05, 3.63) is 75.1 Å². The van der Waals surface area contributed by atoms with Crippen molar-refractivity contribution in [2.45, 2.75) is 24.4 Å². The fourth-order valence-electron chi connectivity index (χ4n) is 4.03. The summed E-state index contributed by atoms with van der Waals surface area (Å²) in [4.78, 5) is 48.3. The number of hydrogen-bond acceptors (Lipinski definition) is 8. The summed E-state index contributed by atoms with van der Waals surface area (Å²) < 4.78 is 6.41. The second-order valence-electron chi connectivity index (χ2n) is 7.65. The number of hydrogen-bond donors (Lipinski definition) is 1. The Hall–Kier alpha value is -3.50. The Morgan fingerprint density at radius 1 is 1.21 bits per heavy atom. The van der Waals surface area contributed by atoms with Crippen LogP contribution in [-0.4, -0.2) is 39.3 Å². The summed E-state index contributed by atoms with van der Waals surface area (Å²) in [6.45, 7) is 0. The minimum Gasteiger partial charge on any atom is -0.465 e. The highest BCUT2D eigenvalue weighted by molar-refractivity contribution is 7.99. The minimum absolute atomic E-state index is 0.00816. The van der Waals surface area contributed by atoms with Crippen molar-refractivity contribution in [2.75, 3.05) is 18.2 Å². The molecule has 0 unspecified atom stereocenters. The number of thioether (sulfide) groups is 1. The molecule has 0 aliphatic heterocycles. The van der Waals surface area contributed by atoms with Gasteiger partial charge in [-0.25, -0.2) is 9.78 Å². The van der Waals surface area contributed by atoms with E-state index in [2.05, 4.69) is 15.3 Å². The number of thiophene rings is 1. The molecule has 0 fully saturated rings. The summed E-state index contributed by atoms with van der Waals surface area (Å²) >= 11 is 2.57. The average molecular weight is 493 g/mol. The summed E-state index contributed by atoms with van der Waals surface area (Å²) in [5.41, 5.74) is 2.31. The molecule has 3 heterocycles. The van der Waals surface area contributed by atoms with Crippen molar-refractivity contribution in [1.29, 1.82) is 0 Å². The van der Waals surface area contributed by atoms with Crippen molar-refractivity contribution in [1.82, 2.24) is 14.5 Å². The lowest BCUT2D eigenvalue weighted by atomic mass is 10.1. The molecule has 3 aromatic heterocycles. The molecule has 1 N–H and O–H groups in total. The number of anilines is 1. The largest absolute Gasteiger partial charge is 0.465 e. The SMILES string of the molecule is COC(=O)c1c(NC(=O)CSc2nc3ccccc3c(=O)n2-c2cccnc2)sc2c1CCC2. The molecule has 1 aromatic carbocycles. The Morgan fingerprint density at radius 3 is 2.85 bits per heavy atom. The van der Waals surface area contributed by atoms with E-state index in [0.717, 1.165) is 41.5 Å². The first-order valence-corrected chi connectivity index (χ1v) is 12.4. The number of carbonyl (C=O) groups is 2. The van der Waals surface area contributed by atoms with Gasteiger partial charge in [-0.05, 0) is 49.1 Å². The van der Waals surface area contributed by atoms with Crippen LogP contribution in [-0.2, 0) is 22.4 Å². The van der Waals surface area contributed by atoms with Gasteiger partial charge in [0.15, 0.2) is 5.16 Å². The van der Waals surface area contributed by atoms with Crippen LogP contribution >= 0.6 is 23.1 Å². The Morgan fingerprint density at radius 2 is 2.06 bits per heavy atom. The Balaban J connectivity index is 1.43. The van der Waals surface area contributed by atoms with E-state index in [0.29, 0.717) is 32.3 Å². The number of aromatic nitrogens is 3. The van der Waals surface area contributed by atoms with Crippen molar-refractivity contribution < 1.29 is 14.3 Å². The number of ether oxygens (including phenoxy) is 1. The lowest BCUT2D eigenvalue weighted by Gasteiger charge is -2.13. The predicted molar refractivity (Wildman–Crippen MR) is 132 cm³/mol. The van der Waals surface area contributed by atoms with E-state index < -0.39 is 5.97 Å². The van der Waals surface area contributed by atoms with Gasteiger partial charge in [0, 0.05) is 11.1 Å². The molecule has 8 nitrogen and oxygen atoms in total. The van der Waals surface area contributed by atoms with E-state index in [1.54, 1.807) is 42.7 Å². The van der Waals surface area contributed by atoms with Gasteiger partial charge in [-0.2, -0.15) is 0 Å². The maximum Gasteiger partial charge on any atom is 0.341 e. The maximum absolute atomic E-state index is 13.2. The number of methoxy groups -OCH3 is 1. The molecular weight excluding hydrogens is 472 g/mol. The molecule has 0 bridgehead atoms. The number of benzene rings is 1. The van der Waals surface area contributed by atoms with Crippen LogP contribution in [0.4, 0.5) is 5.00 Å². The second kappa shape index (κ2) is 9.40. The normalized spacial score (nSPS) is 12.5. The number of carbonyl (C=O) groups excluding carboxylic acids is 2. The topological polar surface area (TPSA) is 103 Å². The van der Waals surface area contributed by atoms with Crippen LogP contribution < -0.4 is 10.9 Å². The van der Waals surface area contributed by atoms with Crippen LogP contribution in [0.25, 0.3) is 16.6 Å². The molecule has 0 saturated heterocycles. The summed E-state index contributed by atoms with van der Waals surface area (Å²) in [6.07, 6.45) is 5.90. The van der Waals surface area contributed by atoms with Crippen molar-refractivity contribution in [3.63, 3.8) is 0 Å². The molecule has 0 spiro atoms. The fraction of sp³-hybridized carbons (Fsp3) is 0.208. The molecule has 0 atom stereocenters. The molecule has 5 rings (SSSR count). The zero-order chi connectivity index (χ0) is 23.7. The number of amides is 1. The molecular formula is C24H20N4O4S2. The first-order chi connectivity index (χ1) is 16.6. The number of fused-ring (bicyclic) bond motifs is 2. The molecule has 0 radical (unpaired) electrons. The molecule has 0 saturated carbocycles. The van der Waals surface area contributed by atoms with Crippen LogP contribution in [0, 0.1) is 0 Å². The molecule has 172 valence electrons. The van der Waals surface area contributed by atoms with Crippen LogP contribution in [0.2, 0.25) is 0 Å². The fourth-order valence-corrected chi connectivity index (χ4v) is 6.13. The molecule has 1 aliphatic carbocycles. The third-order valence-corrected chi connectivity index (χ3v) is 7.69. The smallest absolute Gasteiger partial charge is 0.341 e. The molecule has 10 heteroatoms. The number of rotatable bonds is 6. The van der Waals surface area contributed by atoms with Gasteiger partial charge in [0.2, 0.25) is 5.91 Å². The standard InChI is InChI=1S/C24H20N4O4S2/c1-32-23(31)20-16-8-4-10-18(16)34-21(20)27-19(29)13-33-24-26-17-9-3-2-7-15(17)22(30)28(24)14-6-5-11-25-12-14/h2-3,5-7,9,11-12H,4,8,10,13H2,1H3,(H,27,29). The maximum atomic E-state index is 13.2. The van der Waals surface area contributed by atoms with Gasteiger partial charge < -0.3 is 10.1 Å². The monoisotopic (exact) mass is 492 g/mol. The summed E-state index contributed by atoms with van der Waals surface area (Å²) in [6, 6.07) is 10.6. The number of nitrogens with one attached hydrogen (secondary N) is 1. The summed E-state index contributed by atoms with van der Waals surface area (Å²) in [5, 5.41) is 4.24. The van der Waals surface area contributed by atoms with Gasteiger partial charge in [-0.3, -0.25) is 19.1 Å². The predicted octanol–water partition coefficient (Wildman–Crippen LogP) is 3.85. The summed E-state index contributed by atoms with van der Waals surface area (Å²) in [7, 11) is 1.34. The van der Waals surface area contributed by atoms with Gasteiger partial charge in [0.1, 0.15) is 5.00 Å². The molecule has 4 aromatic rings. The Labute approximate surface area is 203 Å². The Bertz CT molecular complexity index is 1460. The third-order valence-electron chi connectivity index (χ3n) is 5.55. The van der Waals surface area contributed by atoms with E-state index in [-0.39, 0.29) is 17.2 Å². The van der Waals surface area contributed by atoms with Crippen LogP contribution in [0.1, 0.15) is 27.2 Å². The highest BCUT2D eigenvalue weighted by Crippen LogP contribution is 2.39. The zero-order valence-corrected chi connectivity index (χ0v) is 19.9. The number of nitrogens with zero attached hydrogens (tertiary/aromatic N) is 3. The quantitative estimate of drug-likeness (QED) is 0.248. The van der Waals surface area contributed by atoms with Crippen LogP contribution in [0.5, 0.6) is 0 Å². The number of para-hydroxylation sites is 1. The van der Waals surface area contributed by atoms with Gasteiger partial charge >= 0.3 is 5.97 Å². The highest BCUT2D eigenvalue weighted by atomic mass is 32.2. The van der Waals surface area contributed by atoms with Gasteiger partial charge in [-0.1, -0.05) is 23.9 Å². The van der Waals surface area contributed by atoms with Crippen LogP contribution in [0.3, 0.4) is 0 Å². The Kier molecular flexibility index (Phi) is 6.16. The number of esters is 1. The highest BCUT2D eigenvalue weighted by Gasteiger charge is 2.28. The van der Waals surface area contributed by atoms with Crippen molar-refractivity contribution in [3.8, 4) is 5.69 Å². The summed E-state index contributed by atoms with van der Waals surface area (Å²) in [5.74, 6) is -0.729. The number of aryl methyl sites for hydroxylation is 1.